The Bertz CT molecular complexity index is 576. The van der Waals surface area contributed by atoms with Crippen molar-refractivity contribution in [2.24, 2.45) is 0 Å². The topological polar surface area (TPSA) is 41.6 Å². The predicted octanol–water partition coefficient (Wildman–Crippen LogP) is 3.30. The van der Waals surface area contributed by atoms with Gasteiger partial charge < -0.3 is 15.0 Å². The molecule has 3 rings (SSSR count). The van der Waals surface area contributed by atoms with Gasteiger partial charge in [-0.05, 0) is 43.4 Å². The highest BCUT2D eigenvalue weighted by atomic mass is 35.5. The molecule has 2 heterocycles. The first kappa shape index (κ1) is 18.0. The average Bonchev–Trinajstić information content (AvgIpc) is 3.05. The van der Waals surface area contributed by atoms with Gasteiger partial charge in [-0.2, -0.15) is 0 Å². The number of nitrogens with one attached hydrogen (secondary N) is 1. The van der Waals surface area contributed by atoms with Gasteiger partial charge in [0.1, 0.15) is 0 Å². The number of aryl methyl sites for hydroxylation is 1. The molecule has 0 unspecified atom stereocenters. The van der Waals surface area contributed by atoms with Crippen molar-refractivity contribution in [3.63, 3.8) is 0 Å². The summed E-state index contributed by atoms with van der Waals surface area (Å²) < 4.78 is 5.39. The third-order valence-corrected chi connectivity index (χ3v) is 5.58. The highest BCUT2D eigenvalue weighted by Crippen LogP contribution is 2.23. The number of hydrogen-bond donors (Lipinski definition) is 1. The van der Waals surface area contributed by atoms with E-state index in [9.17, 15) is 4.79 Å². The molecule has 2 aliphatic rings. The van der Waals surface area contributed by atoms with Gasteiger partial charge in [0.15, 0.2) is 0 Å². The second-order valence-corrected chi connectivity index (χ2v) is 7.44. The molecule has 4 nitrogen and oxygen atoms in total. The molecule has 132 valence electrons. The van der Waals surface area contributed by atoms with Crippen LogP contribution >= 0.6 is 23.2 Å². The van der Waals surface area contributed by atoms with Gasteiger partial charge >= 0.3 is 0 Å². The molecule has 0 saturated carbocycles. The van der Waals surface area contributed by atoms with Crippen LogP contribution in [0.1, 0.15) is 31.2 Å². The Morgan fingerprint density at radius 2 is 1.96 bits per heavy atom. The van der Waals surface area contributed by atoms with E-state index >= 15 is 0 Å². The van der Waals surface area contributed by atoms with E-state index in [2.05, 4.69) is 5.32 Å². The van der Waals surface area contributed by atoms with Gasteiger partial charge in [-0.1, -0.05) is 29.3 Å². The molecule has 1 atom stereocenters. The smallest absolute Gasteiger partial charge is 0.222 e. The summed E-state index contributed by atoms with van der Waals surface area (Å²) in [6.45, 7) is 3.35. The molecule has 0 aliphatic carbocycles. The molecule has 1 aromatic carbocycles. The van der Waals surface area contributed by atoms with Gasteiger partial charge in [0.2, 0.25) is 5.91 Å². The second kappa shape index (κ2) is 8.52. The van der Waals surface area contributed by atoms with E-state index in [1.165, 1.54) is 0 Å². The first-order valence-electron chi connectivity index (χ1n) is 8.67. The number of halogens is 2. The Labute approximate surface area is 153 Å². The SMILES string of the molecule is O=C(CCc1ccc(Cl)c(Cl)c1)N1CC[C@@H](NC2CCOCC2)C1. The van der Waals surface area contributed by atoms with Crippen LogP contribution in [0.3, 0.4) is 0 Å². The van der Waals surface area contributed by atoms with E-state index in [0.29, 0.717) is 35.0 Å². The number of amides is 1. The molecule has 24 heavy (non-hydrogen) atoms. The number of rotatable bonds is 5. The Morgan fingerprint density at radius 3 is 2.71 bits per heavy atom. The lowest BCUT2D eigenvalue weighted by Crippen LogP contribution is -2.43. The highest BCUT2D eigenvalue weighted by Gasteiger charge is 2.28. The first-order valence-corrected chi connectivity index (χ1v) is 9.43. The van der Waals surface area contributed by atoms with E-state index < -0.39 is 0 Å². The van der Waals surface area contributed by atoms with Gasteiger partial charge in [-0.25, -0.2) is 0 Å². The Morgan fingerprint density at radius 1 is 1.17 bits per heavy atom. The van der Waals surface area contributed by atoms with Crippen molar-refractivity contribution in [3.05, 3.63) is 33.8 Å². The molecule has 6 heteroatoms. The van der Waals surface area contributed by atoms with E-state index in [4.69, 9.17) is 27.9 Å². The minimum atomic E-state index is 0.220. The van der Waals surface area contributed by atoms with Crippen LogP contribution in [0.2, 0.25) is 10.0 Å². The molecule has 1 amide bonds. The van der Waals surface area contributed by atoms with Crippen LogP contribution in [0.15, 0.2) is 18.2 Å². The maximum Gasteiger partial charge on any atom is 0.222 e. The van der Waals surface area contributed by atoms with Crippen molar-refractivity contribution >= 4 is 29.1 Å². The summed E-state index contributed by atoms with van der Waals surface area (Å²) in [6, 6.07) is 6.52. The van der Waals surface area contributed by atoms with Crippen molar-refractivity contribution < 1.29 is 9.53 Å². The number of ether oxygens (including phenoxy) is 1. The number of benzene rings is 1. The summed E-state index contributed by atoms with van der Waals surface area (Å²) in [5, 5.41) is 4.78. The summed E-state index contributed by atoms with van der Waals surface area (Å²) in [6.07, 6.45) is 4.39. The zero-order valence-corrected chi connectivity index (χ0v) is 15.3. The maximum absolute atomic E-state index is 12.4. The Balaban J connectivity index is 1.43. The molecule has 2 fully saturated rings. The van der Waals surface area contributed by atoms with Gasteiger partial charge in [-0.15, -0.1) is 0 Å². The minimum Gasteiger partial charge on any atom is -0.381 e. The second-order valence-electron chi connectivity index (χ2n) is 6.63. The summed E-state index contributed by atoms with van der Waals surface area (Å²) in [7, 11) is 0. The lowest BCUT2D eigenvalue weighted by molar-refractivity contribution is -0.130. The third-order valence-electron chi connectivity index (χ3n) is 4.85. The number of hydrogen-bond acceptors (Lipinski definition) is 3. The summed E-state index contributed by atoms with van der Waals surface area (Å²) >= 11 is 11.9. The van der Waals surface area contributed by atoms with Crippen molar-refractivity contribution in [3.8, 4) is 0 Å². The van der Waals surface area contributed by atoms with Crippen LogP contribution in [0.25, 0.3) is 0 Å². The molecule has 0 spiro atoms. The van der Waals surface area contributed by atoms with Crippen LogP contribution < -0.4 is 5.32 Å². The predicted molar refractivity (Wildman–Crippen MR) is 96.7 cm³/mol. The van der Waals surface area contributed by atoms with Crippen LogP contribution in [0.5, 0.6) is 0 Å². The van der Waals surface area contributed by atoms with Crippen LogP contribution in [-0.2, 0) is 16.0 Å². The van der Waals surface area contributed by atoms with Gasteiger partial charge in [0.25, 0.3) is 0 Å². The van der Waals surface area contributed by atoms with Crippen molar-refractivity contribution in [2.75, 3.05) is 26.3 Å². The lowest BCUT2D eigenvalue weighted by atomic mass is 10.1. The first-order chi connectivity index (χ1) is 11.6. The molecule has 0 bridgehead atoms. The number of carbonyl (C=O) groups is 1. The summed E-state index contributed by atoms with van der Waals surface area (Å²) in [4.78, 5) is 14.4. The fraction of sp³-hybridized carbons (Fsp3) is 0.611. The van der Waals surface area contributed by atoms with Gasteiger partial charge in [0.05, 0.1) is 10.0 Å². The molecule has 1 N–H and O–H groups in total. The van der Waals surface area contributed by atoms with Crippen molar-refractivity contribution in [1.82, 2.24) is 10.2 Å². The molecule has 0 radical (unpaired) electrons. The molecular weight excluding hydrogens is 347 g/mol. The largest absolute Gasteiger partial charge is 0.381 e. The molecule has 2 saturated heterocycles. The fourth-order valence-corrected chi connectivity index (χ4v) is 3.75. The molecule has 0 aromatic heterocycles. The maximum atomic E-state index is 12.4. The van der Waals surface area contributed by atoms with Gasteiger partial charge in [0, 0.05) is 44.8 Å². The Hall–Kier alpha value is -0.810. The standard InChI is InChI=1S/C18H24Cl2N2O2/c19-16-3-1-13(11-17(16)20)2-4-18(23)22-8-5-15(12-22)21-14-6-9-24-10-7-14/h1,3,11,14-15,21H,2,4-10,12H2/t15-/m1/s1. The monoisotopic (exact) mass is 370 g/mol. The van der Waals surface area contributed by atoms with Gasteiger partial charge in [-0.3, -0.25) is 4.79 Å². The average molecular weight is 371 g/mol. The number of nitrogens with zero attached hydrogens (tertiary/aromatic N) is 1. The van der Waals surface area contributed by atoms with E-state index in [1.807, 2.05) is 17.0 Å². The number of carbonyl (C=O) groups excluding carboxylic acids is 1. The number of likely N-dealkylation sites (tertiary alicyclic amines) is 1. The zero-order valence-electron chi connectivity index (χ0n) is 13.8. The van der Waals surface area contributed by atoms with E-state index in [0.717, 1.165) is 51.1 Å². The fourth-order valence-electron chi connectivity index (χ4n) is 3.42. The normalized spacial score (nSPS) is 22.1. The Kier molecular flexibility index (Phi) is 6.39. The quantitative estimate of drug-likeness (QED) is 0.864. The molecular formula is C18H24Cl2N2O2. The van der Waals surface area contributed by atoms with E-state index in [-0.39, 0.29) is 5.91 Å². The van der Waals surface area contributed by atoms with Crippen molar-refractivity contribution in [2.45, 2.75) is 44.2 Å². The molecule has 2 aliphatic heterocycles. The van der Waals surface area contributed by atoms with Crippen LogP contribution in [-0.4, -0.2) is 49.2 Å². The molecule has 1 aromatic rings. The highest BCUT2D eigenvalue weighted by molar-refractivity contribution is 6.42. The minimum absolute atomic E-state index is 0.220. The third kappa shape index (κ3) is 4.85. The van der Waals surface area contributed by atoms with Crippen LogP contribution in [0, 0.1) is 0 Å². The summed E-state index contributed by atoms with van der Waals surface area (Å²) in [5.74, 6) is 0.220. The van der Waals surface area contributed by atoms with Crippen LogP contribution in [0.4, 0.5) is 0 Å². The van der Waals surface area contributed by atoms with Crippen molar-refractivity contribution in [1.29, 1.82) is 0 Å². The zero-order chi connectivity index (χ0) is 16.9. The summed E-state index contributed by atoms with van der Waals surface area (Å²) in [5.41, 5.74) is 1.05. The van der Waals surface area contributed by atoms with E-state index in [1.54, 1.807) is 6.07 Å². The lowest BCUT2D eigenvalue weighted by Gasteiger charge is -2.26.